The minimum Gasteiger partial charge on any atom is -0.465 e. The van der Waals surface area contributed by atoms with Crippen molar-refractivity contribution >= 4 is 18.4 Å². The van der Waals surface area contributed by atoms with Gasteiger partial charge in [0.05, 0.1) is 19.1 Å². The normalized spacial score (nSPS) is 12.5. The van der Waals surface area contributed by atoms with E-state index in [0.717, 1.165) is 0 Å². The van der Waals surface area contributed by atoms with Crippen LogP contribution >= 0.6 is 12.4 Å². The van der Waals surface area contributed by atoms with E-state index in [9.17, 15) is 18.0 Å². The van der Waals surface area contributed by atoms with Gasteiger partial charge >= 0.3 is 12.1 Å². The number of benzene rings is 1. The lowest BCUT2D eigenvalue weighted by atomic mass is 10.0. The number of ether oxygens (including phenoxy) is 1. The number of carbonyl (C=O) groups excluding carboxylic acids is 1. The van der Waals surface area contributed by atoms with Crippen molar-refractivity contribution < 1.29 is 22.7 Å². The first kappa shape index (κ1) is 16.7. The van der Waals surface area contributed by atoms with E-state index in [1.54, 1.807) is 0 Å². The molecule has 0 fully saturated rings. The lowest BCUT2D eigenvalue weighted by molar-refractivity contribution is -0.138. The number of nitrogens with two attached hydrogens (primary N) is 1. The zero-order chi connectivity index (χ0) is 13.1. The van der Waals surface area contributed by atoms with Gasteiger partial charge in [0.2, 0.25) is 0 Å². The van der Waals surface area contributed by atoms with E-state index in [1.165, 1.54) is 31.4 Å². The molecule has 0 amide bonds. The fraction of sp³-hybridized carbons (Fsp3) is 0.364. The molecule has 2 N–H and O–H groups in total. The lowest BCUT2D eigenvalue weighted by Crippen LogP contribution is -2.20. The topological polar surface area (TPSA) is 52.3 Å². The molecular formula is C11H13ClF3NO2. The molecular weight excluding hydrogens is 271 g/mol. The van der Waals surface area contributed by atoms with Crippen LogP contribution in [0.25, 0.3) is 0 Å². The van der Waals surface area contributed by atoms with Crippen LogP contribution in [0.15, 0.2) is 24.3 Å². The SMILES string of the molecule is COC(=O)c1ccc([C@H](N)CC(F)(F)F)cc1.Cl. The van der Waals surface area contributed by atoms with Gasteiger partial charge in [-0.25, -0.2) is 4.79 Å². The molecule has 1 atom stereocenters. The Morgan fingerprint density at radius 1 is 1.33 bits per heavy atom. The maximum Gasteiger partial charge on any atom is 0.390 e. The van der Waals surface area contributed by atoms with Gasteiger partial charge in [-0.2, -0.15) is 13.2 Å². The number of methoxy groups -OCH3 is 1. The van der Waals surface area contributed by atoms with Crippen molar-refractivity contribution in [1.29, 1.82) is 0 Å². The second kappa shape index (κ2) is 6.61. The predicted molar refractivity (Wildman–Crippen MR) is 62.6 cm³/mol. The smallest absolute Gasteiger partial charge is 0.390 e. The Morgan fingerprint density at radius 2 is 1.83 bits per heavy atom. The van der Waals surface area contributed by atoms with E-state index in [1.807, 2.05) is 0 Å². The van der Waals surface area contributed by atoms with Crippen molar-refractivity contribution in [1.82, 2.24) is 0 Å². The number of hydrogen-bond donors (Lipinski definition) is 1. The maximum atomic E-state index is 12.1. The van der Waals surface area contributed by atoms with Crippen LogP contribution in [0.2, 0.25) is 0 Å². The van der Waals surface area contributed by atoms with Gasteiger partial charge in [0.1, 0.15) is 0 Å². The first-order chi connectivity index (χ1) is 7.83. The molecule has 0 unspecified atom stereocenters. The third-order valence-corrected chi connectivity index (χ3v) is 2.21. The fourth-order valence-electron chi connectivity index (χ4n) is 1.35. The minimum atomic E-state index is -4.31. The Bertz CT molecular complexity index is 392. The Morgan fingerprint density at radius 3 is 2.22 bits per heavy atom. The molecule has 1 rings (SSSR count). The van der Waals surface area contributed by atoms with Crippen LogP contribution in [0.1, 0.15) is 28.4 Å². The predicted octanol–water partition coefficient (Wildman–Crippen LogP) is 2.85. The summed E-state index contributed by atoms with van der Waals surface area (Å²) < 4.78 is 40.8. The van der Waals surface area contributed by atoms with Gasteiger partial charge in [-0.15, -0.1) is 12.4 Å². The van der Waals surface area contributed by atoms with Gasteiger partial charge in [0.15, 0.2) is 0 Å². The molecule has 7 heteroatoms. The van der Waals surface area contributed by atoms with Crippen molar-refractivity contribution in [3.8, 4) is 0 Å². The van der Waals surface area contributed by atoms with Crippen LogP contribution in [0, 0.1) is 0 Å². The monoisotopic (exact) mass is 283 g/mol. The first-order valence-corrected chi connectivity index (χ1v) is 4.84. The Labute approximate surface area is 109 Å². The Hall–Kier alpha value is -1.27. The molecule has 18 heavy (non-hydrogen) atoms. The van der Waals surface area contributed by atoms with Crippen LogP contribution in [0.4, 0.5) is 13.2 Å². The summed E-state index contributed by atoms with van der Waals surface area (Å²) in [5, 5.41) is 0. The highest BCUT2D eigenvalue weighted by molar-refractivity contribution is 5.89. The number of alkyl halides is 3. The average Bonchev–Trinajstić information content (AvgIpc) is 2.26. The van der Waals surface area contributed by atoms with Crippen molar-refractivity contribution in [2.24, 2.45) is 5.73 Å². The molecule has 1 aromatic rings. The summed E-state index contributed by atoms with van der Waals surface area (Å²) in [5.74, 6) is -0.541. The second-order valence-electron chi connectivity index (χ2n) is 3.54. The van der Waals surface area contributed by atoms with Crippen molar-refractivity contribution in [3.05, 3.63) is 35.4 Å². The number of halogens is 4. The zero-order valence-corrected chi connectivity index (χ0v) is 10.3. The van der Waals surface area contributed by atoms with Gasteiger partial charge in [-0.1, -0.05) is 12.1 Å². The van der Waals surface area contributed by atoms with E-state index in [4.69, 9.17) is 5.73 Å². The van der Waals surface area contributed by atoms with E-state index in [-0.39, 0.29) is 18.0 Å². The van der Waals surface area contributed by atoms with E-state index < -0.39 is 24.6 Å². The highest BCUT2D eigenvalue weighted by Gasteiger charge is 2.30. The quantitative estimate of drug-likeness (QED) is 0.868. The molecule has 3 nitrogen and oxygen atoms in total. The average molecular weight is 284 g/mol. The first-order valence-electron chi connectivity index (χ1n) is 4.84. The van der Waals surface area contributed by atoms with Gasteiger partial charge in [0.25, 0.3) is 0 Å². The highest BCUT2D eigenvalue weighted by atomic mass is 35.5. The number of esters is 1. The third-order valence-electron chi connectivity index (χ3n) is 2.21. The zero-order valence-electron chi connectivity index (χ0n) is 9.53. The standard InChI is InChI=1S/C11H12F3NO2.ClH/c1-17-10(16)8-4-2-7(3-5-8)9(15)6-11(12,13)14;/h2-5,9H,6,15H2,1H3;1H/t9-;/m1./s1. The summed E-state index contributed by atoms with van der Waals surface area (Å²) in [6.07, 6.45) is -5.40. The lowest BCUT2D eigenvalue weighted by Gasteiger charge is -2.14. The molecule has 0 saturated heterocycles. The second-order valence-corrected chi connectivity index (χ2v) is 3.54. The maximum absolute atomic E-state index is 12.1. The molecule has 0 aliphatic rings. The van der Waals surface area contributed by atoms with Crippen LogP contribution < -0.4 is 5.73 Å². The molecule has 0 aromatic heterocycles. The van der Waals surface area contributed by atoms with E-state index >= 15 is 0 Å². The van der Waals surface area contributed by atoms with Gasteiger partial charge < -0.3 is 10.5 Å². The minimum absolute atomic E-state index is 0. The number of rotatable bonds is 3. The molecule has 1 aromatic carbocycles. The van der Waals surface area contributed by atoms with Crippen LogP contribution in [-0.4, -0.2) is 19.3 Å². The summed E-state index contributed by atoms with van der Waals surface area (Å²) in [4.78, 5) is 11.1. The molecule has 0 heterocycles. The molecule has 0 aliphatic heterocycles. The fourth-order valence-corrected chi connectivity index (χ4v) is 1.35. The van der Waals surface area contributed by atoms with Crippen LogP contribution in [-0.2, 0) is 4.74 Å². The van der Waals surface area contributed by atoms with Gasteiger partial charge in [-0.3, -0.25) is 0 Å². The summed E-state index contributed by atoms with van der Waals surface area (Å²) >= 11 is 0. The highest BCUT2D eigenvalue weighted by Crippen LogP contribution is 2.27. The Balaban J connectivity index is 0.00000289. The number of carbonyl (C=O) groups is 1. The van der Waals surface area contributed by atoms with Crippen molar-refractivity contribution in [2.45, 2.75) is 18.6 Å². The molecule has 102 valence electrons. The van der Waals surface area contributed by atoms with Crippen molar-refractivity contribution in [3.63, 3.8) is 0 Å². The van der Waals surface area contributed by atoms with Crippen LogP contribution in [0.5, 0.6) is 0 Å². The van der Waals surface area contributed by atoms with E-state index in [0.29, 0.717) is 5.56 Å². The number of hydrogen-bond acceptors (Lipinski definition) is 3. The molecule has 0 saturated carbocycles. The summed E-state index contributed by atoms with van der Waals surface area (Å²) in [6.45, 7) is 0. The third kappa shape index (κ3) is 4.93. The van der Waals surface area contributed by atoms with Gasteiger partial charge in [-0.05, 0) is 17.7 Å². The van der Waals surface area contributed by atoms with E-state index in [2.05, 4.69) is 4.74 Å². The molecule has 0 spiro atoms. The van der Waals surface area contributed by atoms with Crippen LogP contribution in [0.3, 0.4) is 0 Å². The summed E-state index contributed by atoms with van der Waals surface area (Å²) in [6, 6.07) is 4.43. The molecule has 0 radical (unpaired) electrons. The summed E-state index contributed by atoms with van der Waals surface area (Å²) in [5.41, 5.74) is 6.01. The largest absolute Gasteiger partial charge is 0.465 e. The van der Waals surface area contributed by atoms with Crippen molar-refractivity contribution in [2.75, 3.05) is 7.11 Å². The summed E-state index contributed by atoms with van der Waals surface area (Å²) in [7, 11) is 1.23. The van der Waals surface area contributed by atoms with Gasteiger partial charge in [0, 0.05) is 6.04 Å². The molecule has 0 aliphatic carbocycles. The Kier molecular flexibility index (Phi) is 6.14. The molecule has 0 bridgehead atoms.